The van der Waals surface area contributed by atoms with E-state index in [1.54, 1.807) is 0 Å². The van der Waals surface area contributed by atoms with E-state index >= 15 is 0 Å². The summed E-state index contributed by atoms with van der Waals surface area (Å²) in [5.41, 5.74) is -0.0916. The molecule has 0 radical (unpaired) electrons. The van der Waals surface area contributed by atoms with Gasteiger partial charge in [-0.3, -0.25) is 18.7 Å². The monoisotopic (exact) mass is 416 g/mol. The Balaban J connectivity index is 0.00000243. The summed E-state index contributed by atoms with van der Waals surface area (Å²) in [4.78, 5) is 28.7. The van der Waals surface area contributed by atoms with Crippen LogP contribution in [0.4, 0.5) is 0 Å². The molecule has 0 aromatic carbocycles. The third-order valence-corrected chi connectivity index (χ3v) is 5.70. The summed E-state index contributed by atoms with van der Waals surface area (Å²) in [5, 5.41) is 0. The summed E-state index contributed by atoms with van der Waals surface area (Å²) in [6, 6.07) is -1.81. The van der Waals surface area contributed by atoms with Gasteiger partial charge >= 0.3 is 50.2 Å². The molecule has 2 fully saturated rings. The standard InChI is InChI=1S/C11H12N4O8S2.Na.H/c16-9(2-1-7-5-12-6-14(7)24(18,19)20)13-4-3-8-10(13)11(17)15(8)25(21,22)23;;/h1-2,5-6,8,10H,3-4H2,(H,18,19,20)(H,21,22,23);;/t8-,10+;;/m1../s1. The van der Waals surface area contributed by atoms with E-state index in [1.165, 1.54) is 0 Å². The molecule has 2 atom stereocenters. The van der Waals surface area contributed by atoms with E-state index in [-0.39, 0.29) is 48.2 Å². The normalized spacial score (nSPS) is 22.9. The van der Waals surface area contributed by atoms with E-state index in [0.717, 1.165) is 29.6 Å². The van der Waals surface area contributed by atoms with Crippen molar-refractivity contribution in [1.82, 2.24) is 18.2 Å². The molecule has 3 heterocycles. The first-order valence-corrected chi connectivity index (χ1v) is 9.61. The topological polar surface area (TPSA) is 167 Å². The SMILES string of the molecule is O=C(C=Cc1cncn1S(=O)(=O)O)N1CC[C@@H]2[C@H]1C(=O)N2S(=O)(=O)O.[NaH]. The van der Waals surface area contributed by atoms with Crippen molar-refractivity contribution in [3.8, 4) is 0 Å². The average Bonchev–Trinajstić information content (AvgIpc) is 3.06. The molecule has 15 heteroatoms. The molecule has 2 saturated heterocycles. The van der Waals surface area contributed by atoms with Gasteiger partial charge in [0.1, 0.15) is 12.4 Å². The second-order valence-corrected chi connectivity index (χ2v) is 7.95. The molecule has 2 amide bonds. The van der Waals surface area contributed by atoms with Crippen LogP contribution in [0.2, 0.25) is 0 Å². The Hall–Kier alpha value is -1.29. The van der Waals surface area contributed by atoms with E-state index < -0.39 is 44.5 Å². The van der Waals surface area contributed by atoms with Gasteiger partial charge in [0, 0.05) is 12.6 Å². The van der Waals surface area contributed by atoms with Gasteiger partial charge in [-0.15, -0.1) is 0 Å². The molecular weight excluding hydrogens is 403 g/mol. The van der Waals surface area contributed by atoms with Gasteiger partial charge in [-0.1, -0.05) is 0 Å². The zero-order chi connectivity index (χ0) is 18.6. The summed E-state index contributed by atoms with van der Waals surface area (Å²) in [5.74, 6) is -1.56. The summed E-state index contributed by atoms with van der Waals surface area (Å²) < 4.78 is 63.2. The first kappa shape index (κ1) is 21.0. The molecule has 0 aliphatic carbocycles. The molecule has 0 bridgehead atoms. The number of likely N-dealkylation sites (tertiary alicyclic amines) is 1. The quantitative estimate of drug-likeness (QED) is 0.234. The van der Waals surface area contributed by atoms with Crippen LogP contribution in [-0.2, 0) is 30.2 Å². The average molecular weight is 416 g/mol. The zero-order valence-corrected chi connectivity index (χ0v) is 14.0. The van der Waals surface area contributed by atoms with E-state index in [4.69, 9.17) is 9.11 Å². The molecule has 138 valence electrons. The Bertz CT molecular complexity index is 986. The Morgan fingerprint density at radius 3 is 2.46 bits per heavy atom. The molecular formula is C11H13N4NaO8S2. The van der Waals surface area contributed by atoms with Crippen molar-refractivity contribution >= 4 is 68.1 Å². The minimum atomic E-state index is -4.67. The number of carbonyl (C=O) groups is 2. The Morgan fingerprint density at radius 1 is 1.23 bits per heavy atom. The van der Waals surface area contributed by atoms with E-state index in [2.05, 4.69) is 4.98 Å². The molecule has 1 aromatic heterocycles. The first-order chi connectivity index (χ1) is 11.5. The molecule has 0 saturated carbocycles. The number of hydrogen-bond donors (Lipinski definition) is 2. The fourth-order valence-electron chi connectivity index (χ4n) is 2.92. The van der Waals surface area contributed by atoms with Gasteiger partial charge in [-0.05, 0) is 12.5 Å². The van der Waals surface area contributed by atoms with Crippen LogP contribution in [0.3, 0.4) is 0 Å². The van der Waals surface area contributed by atoms with Crippen LogP contribution in [0.5, 0.6) is 0 Å². The summed E-state index contributed by atoms with van der Waals surface area (Å²) >= 11 is 0. The van der Waals surface area contributed by atoms with Crippen LogP contribution in [-0.4, -0.2) is 104 Å². The molecule has 0 spiro atoms. The Morgan fingerprint density at radius 2 is 1.88 bits per heavy atom. The Labute approximate surface area is 170 Å². The van der Waals surface area contributed by atoms with Gasteiger partial charge in [-0.25, -0.2) is 13.3 Å². The van der Waals surface area contributed by atoms with Crippen molar-refractivity contribution in [3.05, 3.63) is 24.3 Å². The maximum atomic E-state index is 12.2. The summed E-state index contributed by atoms with van der Waals surface area (Å²) in [6.45, 7) is 0.0911. The number of rotatable bonds is 4. The van der Waals surface area contributed by atoms with Crippen LogP contribution in [0.25, 0.3) is 6.08 Å². The summed E-state index contributed by atoms with van der Waals surface area (Å²) in [6.07, 6.45) is 4.17. The minimum absolute atomic E-state index is 0. The van der Waals surface area contributed by atoms with Crippen molar-refractivity contribution in [2.75, 3.05) is 6.54 Å². The van der Waals surface area contributed by atoms with Gasteiger partial charge in [0.25, 0.3) is 5.91 Å². The van der Waals surface area contributed by atoms with Gasteiger partial charge < -0.3 is 4.90 Å². The number of aromatic nitrogens is 2. The molecule has 1 aromatic rings. The molecule has 2 aliphatic heterocycles. The second-order valence-electron chi connectivity index (χ2n) is 5.37. The second kappa shape index (κ2) is 7.03. The van der Waals surface area contributed by atoms with Crippen LogP contribution < -0.4 is 0 Å². The number of β-lactam (4-membered cyclic amide) rings is 1. The molecule has 12 nitrogen and oxygen atoms in total. The predicted octanol–water partition coefficient (Wildman–Crippen LogP) is -2.49. The van der Waals surface area contributed by atoms with Gasteiger partial charge in [-0.2, -0.15) is 16.8 Å². The number of fused-ring (bicyclic) bond motifs is 1. The number of imidazole rings is 1. The number of carbonyl (C=O) groups excluding carboxylic acids is 2. The van der Waals surface area contributed by atoms with Crippen LogP contribution in [0.15, 0.2) is 18.6 Å². The molecule has 3 rings (SSSR count). The van der Waals surface area contributed by atoms with E-state index in [1.807, 2.05) is 0 Å². The van der Waals surface area contributed by atoms with E-state index in [9.17, 15) is 26.4 Å². The molecule has 0 unspecified atom stereocenters. The third kappa shape index (κ3) is 3.58. The number of nitrogens with zero attached hydrogens (tertiary/aromatic N) is 4. The van der Waals surface area contributed by atoms with Crippen molar-refractivity contribution in [1.29, 1.82) is 0 Å². The third-order valence-electron chi connectivity index (χ3n) is 3.95. The predicted molar refractivity (Wildman–Crippen MR) is 87.7 cm³/mol. The summed E-state index contributed by atoms with van der Waals surface area (Å²) in [7, 11) is -9.24. The molecule has 2 N–H and O–H groups in total. The fraction of sp³-hybridized carbons (Fsp3) is 0.364. The Kier molecular flexibility index (Phi) is 5.68. The molecule has 26 heavy (non-hydrogen) atoms. The van der Waals surface area contributed by atoms with Gasteiger partial charge in [0.15, 0.2) is 0 Å². The maximum absolute atomic E-state index is 12.2. The molecule has 2 aliphatic rings. The van der Waals surface area contributed by atoms with E-state index in [0.29, 0.717) is 8.28 Å². The first-order valence-electron chi connectivity index (χ1n) is 6.81. The number of amides is 2. The van der Waals surface area contributed by atoms with Gasteiger partial charge in [0.2, 0.25) is 5.91 Å². The van der Waals surface area contributed by atoms with Crippen molar-refractivity contribution < 1.29 is 35.5 Å². The van der Waals surface area contributed by atoms with Crippen LogP contribution >= 0.6 is 0 Å². The van der Waals surface area contributed by atoms with Crippen LogP contribution in [0, 0.1) is 0 Å². The van der Waals surface area contributed by atoms with Gasteiger partial charge in [0.05, 0.1) is 17.9 Å². The zero-order valence-electron chi connectivity index (χ0n) is 12.3. The fourth-order valence-corrected chi connectivity index (χ4v) is 4.36. The number of hydrogen-bond acceptors (Lipinski definition) is 7. The van der Waals surface area contributed by atoms with Crippen molar-refractivity contribution in [3.63, 3.8) is 0 Å². The van der Waals surface area contributed by atoms with Crippen molar-refractivity contribution in [2.24, 2.45) is 0 Å². The van der Waals surface area contributed by atoms with Crippen LogP contribution in [0.1, 0.15) is 12.1 Å². The van der Waals surface area contributed by atoms with Crippen molar-refractivity contribution in [2.45, 2.75) is 18.5 Å².